The first kappa shape index (κ1) is 17.7. The highest BCUT2D eigenvalue weighted by Crippen LogP contribution is 2.30. The molecule has 1 aromatic carbocycles. The number of amides is 1. The molecule has 1 aromatic heterocycles. The molecular formula is C16H17F3N4O. The molecule has 5 nitrogen and oxygen atoms in total. The Morgan fingerprint density at radius 3 is 2.71 bits per heavy atom. The number of hydrogen-bond donors (Lipinski definition) is 2. The normalized spacial score (nSPS) is 12.5. The van der Waals surface area contributed by atoms with Gasteiger partial charge in [0.25, 0.3) is 5.91 Å². The van der Waals surface area contributed by atoms with E-state index in [1.807, 2.05) is 13.8 Å². The van der Waals surface area contributed by atoms with Crippen LogP contribution in [-0.2, 0) is 6.18 Å². The summed E-state index contributed by atoms with van der Waals surface area (Å²) in [5.41, 5.74) is -0.722. The molecule has 2 rings (SSSR count). The van der Waals surface area contributed by atoms with Gasteiger partial charge in [-0.15, -0.1) is 0 Å². The maximum absolute atomic E-state index is 12.7. The highest BCUT2D eigenvalue weighted by molar-refractivity contribution is 6.03. The molecule has 1 amide bonds. The van der Waals surface area contributed by atoms with Gasteiger partial charge in [-0.1, -0.05) is 13.0 Å². The van der Waals surface area contributed by atoms with Gasteiger partial charge in [0.2, 0.25) is 5.95 Å². The molecule has 0 fully saturated rings. The number of benzene rings is 1. The fourth-order valence-corrected chi connectivity index (χ4v) is 1.85. The number of hydrogen-bond acceptors (Lipinski definition) is 4. The first-order valence-electron chi connectivity index (χ1n) is 7.37. The number of aromatic nitrogens is 2. The molecule has 0 aliphatic heterocycles. The molecule has 0 saturated heterocycles. The van der Waals surface area contributed by atoms with E-state index in [1.54, 1.807) is 0 Å². The van der Waals surface area contributed by atoms with Crippen molar-refractivity contribution in [2.24, 2.45) is 0 Å². The lowest BCUT2D eigenvalue weighted by Crippen LogP contribution is -2.19. The summed E-state index contributed by atoms with van der Waals surface area (Å²) in [4.78, 5) is 20.3. The number of carbonyl (C=O) groups excluding carboxylic acids is 1. The molecule has 2 N–H and O–H groups in total. The van der Waals surface area contributed by atoms with Crippen molar-refractivity contribution in [3.8, 4) is 0 Å². The predicted octanol–water partition coefficient (Wildman–Crippen LogP) is 3.96. The molecule has 1 heterocycles. The smallest absolute Gasteiger partial charge is 0.352 e. The number of anilines is 2. The Morgan fingerprint density at radius 1 is 1.29 bits per heavy atom. The Kier molecular flexibility index (Phi) is 5.38. The number of nitrogens with zero attached hydrogens (tertiary/aromatic N) is 2. The van der Waals surface area contributed by atoms with Gasteiger partial charge in [-0.3, -0.25) is 4.79 Å². The lowest BCUT2D eigenvalue weighted by atomic mass is 10.2. The summed E-state index contributed by atoms with van der Waals surface area (Å²) in [5.74, 6) is -0.315. The van der Waals surface area contributed by atoms with Crippen molar-refractivity contribution in [1.29, 1.82) is 0 Å². The number of halogens is 3. The fourth-order valence-electron chi connectivity index (χ4n) is 1.85. The minimum absolute atomic E-state index is 0.0462. The van der Waals surface area contributed by atoms with E-state index in [4.69, 9.17) is 0 Å². The van der Waals surface area contributed by atoms with Crippen LogP contribution in [0.5, 0.6) is 0 Å². The van der Waals surface area contributed by atoms with Crippen molar-refractivity contribution in [2.45, 2.75) is 32.5 Å². The van der Waals surface area contributed by atoms with Crippen molar-refractivity contribution >= 4 is 17.5 Å². The minimum atomic E-state index is -4.47. The van der Waals surface area contributed by atoms with Gasteiger partial charge >= 0.3 is 6.18 Å². The maximum atomic E-state index is 12.7. The van der Waals surface area contributed by atoms with Crippen LogP contribution in [0.3, 0.4) is 0 Å². The summed E-state index contributed by atoms with van der Waals surface area (Å²) in [6, 6.07) is 5.95. The molecule has 1 atom stereocenters. The van der Waals surface area contributed by atoms with Gasteiger partial charge in [-0.25, -0.2) is 9.97 Å². The third-order valence-corrected chi connectivity index (χ3v) is 3.32. The Labute approximate surface area is 137 Å². The summed E-state index contributed by atoms with van der Waals surface area (Å²) in [6.07, 6.45) is -2.20. The Balaban J connectivity index is 2.14. The topological polar surface area (TPSA) is 66.9 Å². The van der Waals surface area contributed by atoms with Crippen LogP contribution in [-0.4, -0.2) is 21.9 Å². The molecule has 0 spiro atoms. The number of alkyl halides is 3. The fraction of sp³-hybridized carbons (Fsp3) is 0.312. The van der Waals surface area contributed by atoms with Crippen LogP contribution in [0.4, 0.5) is 24.8 Å². The largest absolute Gasteiger partial charge is 0.416 e. The molecule has 1 unspecified atom stereocenters. The van der Waals surface area contributed by atoms with E-state index in [0.717, 1.165) is 18.6 Å². The zero-order chi connectivity index (χ0) is 17.7. The highest BCUT2D eigenvalue weighted by atomic mass is 19.4. The van der Waals surface area contributed by atoms with Gasteiger partial charge in [-0.05, 0) is 37.6 Å². The Bertz CT molecular complexity index is 718. The minimum Gasteiger partial charge on any atom is -0.352 e. The molecule has 0 aliphatic rings. The maximum Gasteiger partial charge on any atom is 0.416 e. The van der Waals surface area contributed by atoms with Gasteiger partial charge in [-0.2, -0.15) is 13.2 Å². The SMILES string of the molecule is CCC(C)Nc1nccc(C(=O)Nc2cccc(C(F)(F)F)c2)n1. The lowest BCUT2D eigenvalue weighted by Gasteiger charge is -2.12. The van der Waals surface area contributed by atoms with Gasteiger partial charge in [0.15, 0.2) is 0 Å². The van der Waals surface area contributed by atoms with Gasteiger partial charge in [0.05, 0.1) is 5.56 Å². The van der Waals surface area contributed by atoms with E-state index in [0.29, 0.717) is 5.95 Å². The average Bonchev–Trinajstić information content (AvgIpc) is 2.54. The van der Waals surface area contributed by atoms with Crippen LogP contribution < -0.4 is 10.6 Å². The predicted molar refractivity (Wildman–Crippen MR) is 84.8 cm³/mol. The molecule has 0 bridgehead atoms. The summed E-state index contributed by atoms with van der Waals surface area (Å²) in [5, 5.41) is 5.44. The average molecular weight is 338 g/mol. The summed E-state index contributed by atoms with van der Waals surface area (Å²) in [6.45, 7) is 3.93. The van der Waals surface area contributed by atoms with Crippen molar-refractivity contribution in [3.05, 3.63) is 47.8 Å². The van der Waals surface area contributed by atoms with E-state index < -0.39 is 17.6 Å². The van der Waals surface area contributed by atoms with Gasteiger partial charge < -0.3 is 10.6 Å². The van der Waals surface area contributed by atoms with E-state index in [2.05, 4.69) is 20.6 Å². The third-order valence-electron chi connectivity index (χ3n) is 3.32. The monoisotopic (exact) mass is 338 g/mol. The molecule has 24 heavy (non-hydrogen) atoms. The van der Waals surface area contributed by atoms with Gasteiger partial charge in [0, 0.05) is 17.9 Å². The van der Waals surface area contributed by atoms with Crippen molar-refractivity contribution in [2.75, 3.05) is 10.6 Å². The lowest BCUT2D eigenvalue weighted by molar-refractivity contribution is -0.137. The van der Waals surface area contributed by atoms with Crippen LogP contribution in [0.1, 0.15) is 36.3 Å². The Hall–Kier alpha value is -2.64. The van der Waals surface area contributed by atoms with E-state index in [9.17, 15) is 18.0 Å². The number of carbonyl (C=O) groups is 1. The van der Waals surface area contributed by atoms with Crippen molar-refractivity contribution < 1.29 is 18.0 Å². The summed E-state index contributed by atoms with van der Waals surface area (Å²) in [7, 11) is 0. The van der Waals surface area contributed by atoms with Crippen LogP contribution >= 0.6 is 0 Å². The van der Waals surface area contributed by atoms with E-state index in [1.165, 1.54) is 24.4 Å². The van der Waals surface area contributed by atoms with Crippen molar-refractivity contribution in [3.63, 3.8) is 0 Å². The molecule has 2 aromatic rings. The van der Waals surface area contributed by atoms with Crippen molar-refractivity contribution in [1.82, 2.24) is 9.97 Å². The summed E-state index contributed by atoms with van der Waals surface area (Å²) >= 11 is 0. The van der Waals surface area contributed by atoms with Crippen LogP contribution in [0, 0.1) is 0 Å². The zero-order valence-corrected chi connectivity index (χ0v) is 13.2. The van der Waals surface area contributed by atoms with Crippen LogP contribution in [0.15, 0.2) is 36.5 Å². The van der Waals surface area contributed by atoms with Crippen LogP contribution in [0.25, 0.3) is 0 Å². The Morgan fingerprint density at radius 2 is 2.04 bits per heavy atom. The first-order chi connectivity index (χ1) is 11.3. The quantitative estimate of drug-likeness (QED) is 0.866. The van der Waals surface area contributed by atoms with E-state index in [-0.39, 0.29) is 17.4 Å². The third kappa shape index (κ3) is 4.68. The zero-order valence-electron chi connectivity index (χ0n) is 13.2. The second kappa shape index (κ2) is 7.29. The highest BCUT2D eigenvalue weighted by Gasteiger charge is 2.30. The van der Waals surface area contributed by atoms with Crippen LogP contribution in [0.2, 0.25) is 0 Å². The number of nitrogens with one attached hydrogen (secondary N) is 2. The molecular weight excluding hydrogens is 321 g/mol. The number of rotatable bonds is 5. The van der Waals surface area contributed by atoms with E-state index >= 15 is 0 Å². The summed E-state index contributed by atoms with van der Waals surface area (Å²) < 4.78 is 38.1. The second-order valence-corrected chi connectivity index (χ2v) is 5.25. The second-order valence-electron chi connectivity index (χ2n) is 5.25. The first-order valence-corrected chi connectivity index (χ1v) is 7.37. The molecule has 0 saturated carbocycles. The molecule has 0 aliphatic carbocycles. The molecule has 8 heteroatoms. The molecule has 0 radical (unpaired) electrons. The molecule has 128 valence electrons. The standard InChI is InChI=1S/C16H17F3N4O/c1-3-10(2)21-15-20-8-7-13(23-15)14(24)22-12-6-4-5-11(9-12)16(17,18)19/h4-10H,3H2,1-2H3,(H,22,24)(H,20,21,23). The van der Waals surface area contributed by atoms with Gasteiger partial charge in [0.1, 0.15) is 5.69 Å².